The van der Waals surface area contributed by atoms with Crippen molar-refractivity contribution in [2.24, 2.45) is 7.05 Å². The molecule has 1 aromatic heterocycles. The van der Waals surface area contributed by atoms with Gasteiger partial charge in [-0.25, -0.2) is 0 Å². The Morgan fingerprint density at radius 3 is 2.94 bits per heavy atom. The summed E-state index contributed by atoms with van der Waals surface area (Å²) < 4.78 is 7.37. The number of nitrogens with one attached hydrogen (secondary N) is 1. The van der Waals surface area contributed by atoms with E-state index in [0.717, 1.165) is 39.1 Å². The summed E-state index contributed by atoms with van der Waals surface area (Å²) in [6.45, 7) is 5.79. The lowest BCUT2D eigenvalue weighted by molar-refractivity contribution is 0.133. The first-order valence-electron chi connectivity index (χ1n) is 6.10. The summed E-state index contributed by atoms with van der Waals surface area (Å²) in [7, 11) is 1.98. The quantitative estimate of drug-likeness (QED) is 0.645. The summed E-state index contributed by atoms with van der Waals surface area (Å²) >= 11 is 0. The van der Waals surface area contributed by atoms with Crippen LogP contribution >= 0.6 is 0 Å². The van der Waals surface area contributed by atoms with Crippen molar-refractivity contribution in [2.75, 3.05) is 26.3 Å². The zero-order valence-electron chi connectivity index (χ0n) is 10.4. The topological polar surface area (TPSA) is 39.1 Å². The van der Waals surface area contributed by atoms with Gasteiger partial charge in [0.15, 0.2) is 0 Å². The number of nitrogens with zero attached hydrogens (tertiary/aromatic N) is 2. The molecule has 92 valence electrons. The second kappa shape index (κ2) is 8.30. The number of aryl methyl sites for hydroxylation is 1. The van der Waals surface area contributed by atoms with E-state index in [9.17, 15) is 0 Å². The molecule has 1 N–H and O–H groups in total. The van der Waals surface area contributed by atoms with Crippen molar-refractivity contribution in [1.29, 1.82) is 0 Å². The number of rotatable bonds is 9. The maximum atomic E-state index is 5.45. The molecule has 1 heterocycles. The Morgan fingerprint density at radius 1 is 1.38 bits per heavy atom. The van der Waals surface area contributed by atoms with Crippen LogP contribution in [0.25, 0.3) is 0 Å². The maximum Gasteiger partial charge on any atom is 0.0590 e. The highest BCUT2D eigenvalue weighted by atomic mass is 16.5. The van der Waals surface area contributed by atoms with Gasteiger partial charge in [-0.15, -0.1) is 0 Å². The molecule has 0 amide bonds. The van der Waals surface area contributed by atoms with Crippen LogP contribution in [0.2, 0.25) is 0 Å². The fourth-order valence-corrected chi connectivity index (χ4v) is 1.48. The normalized spacial score (nSPS) is 10.9. The third kappa shape index (κ3) is 5.28. The van der Waals surface area contributed by atoms with E-state index in [1.54, 1.807) is 0 Å². The Morgan fingerprint density at radius 2 is 2.25 bits per heavy atom. The summed E-state index contributed by atoms with van der Waals surface area (Å²) in [6.07, 6.45) is 5.22. The Balaban J connectivity index is 1.91. The van der Waals surface area contributed by atoms with Gasteiger partial charge in [0.25, 0.3) is 0 Å². The van der Waals surface area contributed by atoms with Crippen LogP contribution in [-0.2, 0) is 18.2 Å². The van der Waals surface area contributed by atoms with E-state index in [4.69, 9.17) is 4.74 Å². The van der Waals surface area contributed by atoms with E-state index in [1.165, 1.54) is 12.1 Å². The highest BCUT2D eigenvalue weighted by molar-refractivity contribution is 5.00. The lowest BCUT2D eigenvalue weighted by Crippen LogP contribution is -2.23. The number of ether oxygens (including phenoxy) is 1. The van der Waals surface area contributed by atoms with Crippen molar-refractivity contribution in [1.82, 2.24) is 15.1 Å². The summed E-state index contributed by atoms with van der Waals surface area (Å²) in [4.78, 5) is 0. The first-order valence-corrected chi connectivity index (χ1v) is 6.10. The fraction of sp³-hybridized carbons (Fsp3) is 0.750. The van der Waals surface area contributed by atoms with Crippen LogP contribution in [0, 0.1) is 0 Å². The van der Waals surface area contributed by atoms with Crippen molar-refractivity contribution in [3.63, 3.8) is 0 Å². The second-order valence-electron chi connectivity index (χ2n) is 3.91. The summed E-state index contributed by atoms with van der Waals surface area (Å²) in [5, 5.41) is 7.49. The molecule has 1 aromatic rings. The van der Waals surface area contributed by atoms with Gasteiger partial charge >= 0.3 is 0 Å². The predicted octanol–water partition coefficient (Wildman–Crippen LogP) is 1.37. The Labute approximate surface area is 98.0 Å². The Hall–Kier alpha value is -0.870. The average Bonchev–Trinajstić information content (AvgIpc) is 2.68. The van der Waals surface area contributed by atoms with E-state index in [2.05, 4.69) is 23.4 Å². The lowest BCUT2D eigenvalue weighted by Gasteiger charge is -2.06. The molecule has 4 nitrogen and oxygen atoms in total. The second-order valence-corrected chi connectivity index (χ2v) is 3.91. The third-order valence-corrected chi connectivity index (χ3v) is 2.55. The molecule has 0 aromatic carbocycles. The molecule has 0 aliphatic rings. The van der Waals surface area contributed by atoms with Crippen molar-refractivity contribution in [2.45, 2.75) is 26.2 Å². The van der Waals surface area contributed by atoms with E-state index >= 15 is 0 Å². The number of unbranched alkanes of at least 4 members (excludes halogenated alkanes) is 1. The van der Waals surface area contributed by atoms with E-state index in [0.29, 0.717) is 0 Å². The van der Waals surface area contributed by atoms with E-state index < -0.39 is 0 Å². The lowest BCUT2D eigenvalue weighted by atomic mass is 10.3. The van der Waals surface area contributed by atoms with Gasteiger partial charge in [0, 0.05) is 45.1 Å². The smallest absolute Gasteiger partial charge is 0.0590 e. The summed E-state index contributed by atoms with van der Waals surface area (Å²) in [6, 6.07) is 2.05. The van der Waals surface area contributed by atoms with Gasteiger partial charge in [0.2, 0.25) is 0 Å². The van der Waals surface area contributed by atoms with Crippen molar-refractivity contribution in [3.05, 3.63) is 18.0 Å². The fourth-order valence-electron chi connectivity index (χ4n) is 1.48. The van der Waals surface area contributed by atoms with Gasteiger partial charge in [-0.1, -0.05) is 13.3 Å². The minimum atomic E-state index is 0.811. The van der Waals surface area contributed by atoms with Crippen LogP contribution in [0.15, 0.2) is 12.3 Å². The molecule has 0 spiro atoms. The standard InChI is InChI=1S/C12H23N3O/c1-3-4-10-16-11-9-13-7-5-12-6-8-14-15(12)2/h6,8,13H,3-5,7,9-11H2,1-2H3. The van der Waals surface area contributed by atoms with Gasteiger partial charge < -0.3 is 10.1 Å². The third-order valence-electron chi connectivity index (χ3n) is 2.55. The molecule has 16 heavy (non-hydrogen) atoms. The van der Waals surface area contributed by atoms with Gasteiger partial charge in [0.05, 0.1) is 6.61 Å². The molecule has 0 bridgehead atoms. The Kier molecular flexibility index (Phi) is 6.85. The zero-order valence-corrected chi connectivity index (χ0v) is 10.4. The minimum absolute atomic E-state index is 0.811. The van der Waals surface area contributed by atoms with Crippen LogP contribution in [0.1, 0.15) is 25.5 Å². The van der Waals surface area contributed by atoms with Crippen LogP contribution in [-0.4, -0.2) is 36.1 Å². The molecule has 0 saturated heterocycles. The van der Waals surface area contributed by atoms with Crippen LogP contribution < -0.4 is 5.32 Å². The monoisotopic (exact) mass is 225 g/mol. The zero-order chi connectivity index (χ0) is 11.6. The van der Waals surface area contributed by atoms with Crippen LogP contribution in [0.3, 0.4) is 0 Å². The molecule has 0 aliphatic carbocycles. The van der Waals surface area contributed by atoms with Crippen molar-refractivity contribution >= 4 is 0 Å². The van der Waals surface area contributed by atoms with Gasteiger partial charge in [0.1, 0.15) is 0 Å². The molecular weight excluding hydrogens is 202 g/mol. The average molecular weight is 225 g/mol. The van der Waals surface area contributed by atoms with E-state index in [-0.39, 0.29) is 0 Å². The van der Waals surface area contributed by atoms with Crippen LogP contribution in [0.5, 0.6) is 0 Å². The molecule has 0 unspecified atom stereocenters. The van der Waals surface area contributed by atoms with E-state index in [1.807, 2.05) is 17.9 Å². The summed E-state index contributed by atoms with van der Waals surface area (Å²) in [5.41, 5.74) is 1.26. The highest BCUT2D eigenvalue weighted by Gasteiger charge is 1.97. The number of hydrogen-bond donors (Lipinski definition) is 1. The van der Waals surface area contributed by atoms with Crippen LogP contribution in [0.4, 0.5) is 0 Å². The molecule has 0 saturated carbocycles. The molecule has 0 fully saturated rings. The molecule has 0 aliphatic heterocycles. The molecule has 4 heteroatoms. The predicted molar refractivity (Wildman–Crippen MR) is 65.5 cm³/mol. The SMILES string of the molecule is CCCCOCCNCCc1ccnn1C. The largest absolute Gasteiger partial charge is 0.380 e. The highest BCUT2D eigenvalue weighted by Crippen LogP contribution is 1.95. The van der Waals surface area contributed by atoms with Gasteiger partial charge in [-0.05, 0) is 12.5 Å². The molecule has 0 atom stereocenters. The minimum Gasteiger partial charge on any atom is -0.380 e. The molecular formula is C12H23N3O. The molecule has 1 rings (SSSR count). The van der Waals surface area contributed by atoms with Gasteiger partial charge in [-0.2, -0.15) is 5.10 Å². The first kappa shape index (κ1) is 13.2. The molecule has 0 radical (unpaired) electrons. The van der Waals surface area contributed by atoms with Crippen molar-refractivity contribution in [3.8, 4) is 0 Å². The first-order chi connectivity index (χ1) is 7.84. The number of hydrogen-bond acceptors (Lipinski definition) is 3. The van der Waals surface area contributed by atoms with Gasteiger partial charge in [-0.3, -0.25) is 4.68 Å². The maximum absolute atomic E-state index is 5.45. The van der Waals surface area contributed by atoms with Crippen molar-refractivity contribution < 1.29 is 4.74 Å². The summed E-state index contributed by atoms with van der Waals surface area (Å²) in [5.74, 6) is 0. The number of aromatic nitrogens is 2. The Bertz CT molecular complexity index is 273.